The van der Waals surface area contributed by atoms with Crippen LogP contribution in [0.25, 0.3) is 0 Å². The number of carbonyl (C=O) groups is 2. The van der Waals surface area contributed by atoms with E-state index in [1.165, 1.54) is 6.07 Å². The summed E-state index contributed by atoms with van der Waals surface area (Å²) in [7, 11) is 0. The number of nitrogens with one attached hydrogen (secondary N) is 1. The fourth-order valence-electron chi connectivity index (χ4n) is 1.29. The summed E-state index contributed by atoms with van der Waals surface area (Å²) in [6.45, 7) is 1.63. The summed E-state index contributed by atoms with van der Waals surface area (Å²) < 4.78 is 30.2. The van der Waals surface area contributed by atoms with Gasteiger partial charge in [0.2, 0.25) is 5.91 Å². The smallest absolute Gasteiger partial charge is 0.332 e. The van der Waals surface area contributed by atoms with Gasteiger partial charge in [-0.25, -0.2) is 13.6 Å². The molecule has 5 nitrogen and oxygen atoms in total. The molecule has 0 aromatic heterocycles. The lowest BCUT2D eigenvalue weighted by molar-refractivity contribution is -0.148. The van der Waals surface area contributed by atoms with E-state index in [4.69, 9.17) is 5.73 Å². The van der Waals surface area contributed by atoms with E-state index >= 15 is 0 Å². The summed E-state index contributed by atoms with van der Waals surface area (Å²) in [4.78, 5) is 22.7. The third kappa shape index (κ3) is 4.29. The molecule has 0 saturated heterocycles. The number of esters is 1. The Labute approximate surface area is 108 Å². The summed E-state index contributed by atoms with van der Waals surface area (Å²) >= 11 is 0. The highest BCUT2D eigenvalue weighted by atomic mass is 19.2. The number of benzene rings is 1. The Morgan fingerprint density at radius 3 is 2.63 bits per heavy atom. The van der Waals surface area contributed by atoms with Crippen LogP contribution in [0.3, 0.4) is 0 Å². The lowest BCUT2D eigenvalue weighted by Gasteiger charge is -2.11. The Morgan fingerprint density at radius 1 is 1.37 bits per heavy atom. The van der Waals surface area contributed by atoms with Gasteiger partial charge >= 0.3 is 5.97 Å². The highest BCUT2D eigenvalue weighted by Crippen LogP contribution is 2.08. The zero-order valence-corrected chi connectivity index (χ0v) is 10.3. The molecule has 7 heteroatoms. The van der Waals surface area contributed by atoms with Gasteiger partial charge in [0.1, 0.15) is 0 Å². The standard InChI is InChI=1S/C12H14F2N2O3/c1-2-19-12(18)10(15)11(17)16-6-7-3-4-8(13)9(14)5-7/h3-5,10H,2,6,15H2,1H3,(H,16,17). The van der Waals surface area contributed by atoms with E-state index in [2.05, 4.69) is 10.1 Å². The van der Waals surface area contributed by atoms with Gasteiger partial charge in [-0.1, -0.05) is 6.07 Å². The van der Waals surface area contributed by atoms with Crippen LogP contribution in [0.15, 0.2) is 18.2 Å². The quantitative estimate of drug-likeness (QED) is 0.603. The lowest BCUT2D eigenvalue weighted by atomic mass is 10.2. The molecular weight excluding hydrogens is 258 g/mol. The van der Waals surface area contributed by atoms with Crippen molar-refractivity contribution < 1.29 is 23.1 Å². The number of hydrogen-bond donors (Lipinski definition) is 2. The van der Waals surface area contributed by atoms with Crippen LogP contribution in [0, 0.1) is 11.6 Å². The monoisotopic (exact) mass is 272 g/mol. The van der Waals surface area contributed by atoms with Gasteiger partial charge in [-0.05, 0) is 24.6 Å². The average molecular weight is 272 g/mol. The van der Waals surface area contributed by atoms with Crippen LogP contribution in [-0.2, 0) is 20.9 Å². The largest absolute Gasteiger partial charge is 0.464 e. The molecule has 3 N–H and O–H groups in total. The summed E-state index contributed by atoms with van der Waals surface area (Å²) in [5, 5.41) is 2.33. The first-order valence-electron chi connectivity index (χ1n) is 5.59. The maximum Gasteiger partial charge on any atom is 0.332 e. The van der Waals surface area contributed by atoms with E-state index in [-0.39, 0.29) is 13.2 Å². The van der Waals surface area contributed by atoms with Crippen molar-refractivity contribution in [2.45, 2.75) is 19.5 Å². The Bertz CT molecular complexity index is 480. The minimum absolute atomic E-state index is 0.0663. The molecule has 0 fully saturated rings. The normalized spacial score (nSPS) is 11.8. The Morgan fingerprint density at radius 2 is 2.05 bits per heavy atom. The minimum atomic E-state index is -1.44. The molecule has 0 aliphatic carbocycles. The van der Waals surface area contributed by atoms with Gasteiger partial charge in [-0.3, -0.25) is 4.79 Å². The molecule has 1 rings (SSSR count). The highest BCUT2D eigenvalue weighted by Gasteiger charge is 2.22. The van der Waals surface area contributed by atoms with E-state index in [0.29, 0.717) is 5.56 Å². The average Bonchev–Trinajstić information content (AvgIpc) is 2.39. The second-order valence-electron chi connectivity index (χ2n) is 3.70. The molecule has 0 aliphatic heterocycles. The summed E-state index contributed by atoms with van der Waals surface area (Å²) in [5.74, 6) is -3.58. The van der Waals surface area contributed by atoms with Gasteiger partial charge in [0.15, 0.2) is 17.7 Å². The maximum atomic E-state index is 12.9. The third-order valence-electron chi connectivity index (χ3n) is 2.27. The first kappa shape index (κ1) is 15.0. The minimum Gasteiger partial charge on any atom is -0.464 e. The van der Waals surface area contributed by atoms with Gasteiger partial charge in [-0.15, -0.1) is 0 Å². The summed E-state index contributed by atoms with van der Waals surface area (Å²) in [6, 6.07) is 1.77. The Kier molecular flexibility index (Phi) is 5.37. The van der Waals surface area contributed by atoms with Gasteiger partial charge in [0.05, 0.1) is 6.61 Å². The van der Waals surface area contributed by atoms with Crippen molar-refractivity contribution in [2.75, 3.05) is 6.61 Å². The first-order valence-corrected chi connectivity index (χ1v) is 5.59. The highest BCUT2D eigenvalue weighted by molar-refractivity contribution is 6.01. The van der Waals surface area contributed by atoms with E-state index in [1.54, 1.807) is 6.92 Å². The molecule has 19 heavy (non-hydrogen) atoms. The van der Waals surface area contributed by atoms with Crippen LogP contribution >= 0.6 is 0 Å². The summed E-state index contributed by atoms with van der Waals surface area (Å²) in [6.07, 6.45) is 0. The maximum absolute atomic E-state index is 12.9. The predicted octanol–water partition coefficient (Wildman–Crippen LogP) is 0.471. The molecule has 1 unspecified atom stereocenters. The van der Waals surface area contributed by atoms with Crippen LogP contribution in [0.5, 0.6) is 0 Å². The number of rotatable bonds is 5. The molecule has 1 atom stereocenters. The number of nitrogens with two attached hydrogens (primary N) is 1. The van der Waals surface area contributed by atoms with E-state index in [1.807, 2.05) is 0 Å². The van der Waals surface area contributed by atoms with Crippen molar-refractivity contribution in [3.63, 3.8) is 0 Å². The lowest BCUT2D eigenvalue weighted by Crippen LogP contribution is -2.46. The fraction of sp³-hybridized carbons (Fsp3) is 0.333. The van der Waals surface area contributed by atoms with Crippen LogP contribution in [0.1, 0.15) is 12.5 Å². The second-order valence-corrected chi connectivity index (χ2v) is 3.70. The van der Waals surface area contributed by atoms with Crippen LogP contribution < -0.4 is 11.1 Å². The van der Waals surface area contributed by atoms with Crippen molar-refractivity contribution in [3.05, 3.63) is 35.4 Å². The molecule has 1 amide bonds. The van der Waals surface area contributed by atoms with Crippen LogP contribution in [0.4, 0.5) is 8.78 Å². The fourth-order valence-corrected chi connectivity index (χ4v) is 1.29. The van der Waals surface area contributed by atoms with Crippen molar-refractivity contribution in [1.29, 1.82) is 0 Å². The Balaban J connectivity index is 2.54. The Hall–Kier alpha value is -2.02. The zero-order chi connectivity index (χ0) is 14.4. The molecule has 0 saturated carbocycles. The van der Waals surface area contributed by atoms with Gasteiger partial charge < -0.3 is 15.8 Å². The molecular formula is C12H14F2N2O3. The molecule has 0 radical (unpaired) electrons. The molecule has 1 aromatic carbocycles. The van der Waals surface area contributed by atoms with E-state index in [9.17, 15) is 18.4 Å². The molecule has 104 valence electrons. The van der Waals surface area contributed by atoms with Crippen molar-refractivity contribution in [2.24, 2.45) is 5.73 Å². The van der Waals surface area contributed by atoms with Crippen molar-refractivity contribution >= 4 is 11.9 Å². The van der Waals surface area contributed by atoms with Crippen molar-refractivity contribution in [3.8, 4) is 0 Å². The number of carbonyl (C=O) groups excluding carboxylic acids is 2. The number of halogens is 2. The van der Waals surface area contributed by atoms with Crippen LogP contribution in [0.2, 0.25) is 0 Å². The van der Waals surface area contributed by atoms with Gasteiger partial charge in [-0.2, -0.15) is 0 Å². The zero-order valence-electron chi connectivity index (χ0n) is 10.3. The number of amides is 1. The second kappa shape index (κ2) is 6.79. The molecule has 0 spiro atoms. The van der Waals surface area contributed by atoms with E-state index < -0.39 is 29.6 Å². The van der Waals surface area contributed by atoms with E-state index in [0.717, 1.165) is 12.1 Å². The molecule has 1 aromatic rings. The van der Waals surface area contributed by atoms with Gasteiger partial charge in [0, 0.05) is 6.54 Å². The van der Waals surface area contributed by atoms with Gasteiger partial charge in [0.25, 0.3) is 0 Å². The van der Waals surface area contributed by atoms with Crippen molar-refractivity contribution in [1.82, 2.24) is 5.32 Å². The molecule has 0 bridgehead atoms. The first-order chi connectivity index (χ1) is 8.95. The molecule has 0 aliphatic rings. The topological polar surface area (TPSA) is 81.4 Å². The predicted molar refractivity (Wildman–Crippen MR) is 62.8 cm³/mol. The summed E-state index contributed by atoms with van der Waals surface area (Å²) in [5.41, 5.74) is 5.69. The van der Waals surface area contributed by atoms with Crippen LogP contribution in [-0.4, -0.2) is 24.5 Å². The third-order valence-corrected chi connectivity index (χ3v) is 2.27. The SMILES string of the molecule is CCOC(=O)C(N)C(=O)NCc1ccc(F)c(F)c1. The number of ether oxygens (including phenoxy) is 1. The molecule has 0 heterocycles. The number of hydrogen-bond acceptors (Lipinski definition) is 4.